The summed E-state index contributed by atoms with van der Waals surface area (Å²) in [5.41, 5.74) is 0. The average Bonchev–Trinajstić information content (AvgIpc) is 0. The summed E-state index contributed by atoms with van der Waals surface area (Å²) in [6, 6.07) is 0. The second-order valence-corrected chi connectivity index (χ2v) is 0. The van der Waals surface area contributed by atoms with E-state index < -0.39 is 0 Å². The molecule has 0 atom stereocenters. The van der Waals surface area contributed by atoms with Crippen LogP contribution in [0.25, 0.3) is 0 Å². The molecule has 0 saturated heterocycles. The van der Waals surface area contributed by atoms with Gasteiger partial charge in [0, 0.05) is 72.8 Å². The van der Waals surface area contributed by atoms with Crippen LogP contribution in [0.1, 0.15) is 0 Å². The van der Waals surface area contributed by atoms with Crippen molar-refractivity contribution in [2.24, 2.45) is 0 Å². The molecule has 0 heterocycles. The zero-order valence-corrected chi connectivity index (χ0v) is 10.2. The predicted molar refractivity (Wildman–Crippen MR) is 21.7 cm³/mol. The molecule has 0 fully saturated rings. The molecule has 0 rings (SSSR count). The molecule has 0 aromatic heterocycles. The molecular formula is H12MoO6Sc2. The fourth-order valence-corrected chi connectivity index (χ4v) is 0. The molecule has 0 aromatic rings. The minimum Gasteiger partial charge on any atom is -0.412 e. The normalized spacial score (nSPS) is 0. The minimum absolute atomic E-state index is 0. The number of hydrogen-bond acceptors (Lipinski definition) is 0. The second kappa shape index (κ2) is 180. The molecule has 0 bridgehead atoms. The maximum absolute atomic E-state index is 0. The minimum atomic E-state index is 0. The summed E-state index contributed by atoms with van der Waals surface area (Å²) < 4.78 is 0. The molecule has 0 unspecified atom stereocenters. The first-order valence-corrected chi connectivity index (χ1v) is 0. The molecule has 60 valence electrons. The van der Waals surface area contributed by atoms with Crippen LogP contribution in [0.2, 0.25) is 0 Å². The van der Waals surface area contributed by atoms with Gasteiger partial charge >= 0.3 is 0 Å². The molecule has 9 heteroatoms. The van der Waals surface area contributed by atoms with Crippen LogP contribution in [0.3, 0.4) is 0 Å². The van der Waals surface area contributed by atoms with E-state index in [4.69, 9.17) is 0 Å². The van der Waals surface area contributed by atoms with E-state index in [0.717, 1.165) is 0 Å². The molecule has 0 spiro atoms. The second-order valence-electron chi connectivity index (χ2n) is 0. The van der Waals surface area contributed by atoms with Crippen molar-refractivity contribution in [2.75, 3.05) is 0 Å². The Morgan fingerprint density at radius 3 is 0.333 bits per heavy atom. The summed E-state index contributed by atoms with van der Waals surface area (Å²) >= 11 is 0. The molecule has 0 amide bonds. The summed E-state index contributed by atoms with van der Waals surface area (Å²) in [4.78, 5) is 0. The van der Waals surface area contributed by atoms with E-state index in [-0.39, 0.29) is 106 Å². The Labute approximate surface area is 104 Å². The first kappa shape index (κ1) is 242. The van der Waals surface area contributed by atoms with Gasteiger partial charge in [0.15, 0.2) is 0 Å². The zero-order valence-electron chi connectivity index (χ0n) is 4.56. The van der Waals surface area contributed by atoms with Crippen molar-refractivity contribution in [2.45, 2.75) is 0 Å². The van der Waals surface area contributed by atoms with E-state index >= 15 is 0 Å². The van der Waals surface area contributed by atoms with Crippen LogP contribution in [0.4, 0.5) is 0 Å². The zero-order chi connectivity index (χ0) is 0. The van der Waals surface area contributed by atoms with Crippen molar-refractivity contribution >= 4 is 0 Å². The topological polar surface area (TPSA) is 189 Å². The van der Waals surface area contributed by atoms with Gasteiger partial charge in [0.25, 0.3) is 0 Å². The van der Waals surface area contributed by atoms with Gasteiger partial charge in [0.05, 0.1) is 0 Å². The molecular weight excluding hydrogens is 282 g/mol. The van der Waals surface area contributed by atoms with Gasteiger partial charge in [-0.05, 0) is 0 Å². The van der Waals surface area contributed by atoms with E-state index in [1.165, 1.54) is 0 Å². The van der Waals surface area contributed by atoms with Gasteiger partial charge in [-0.3, -0.25) is 0 Å². The molecule has 12 N–H and O–H groups in total. The molecule has 0 aliphatic rings. The van der Waals surface area contributed by atoms with Crippen molar-refractivity contribution in [1.82, 2.24) is 0 Å². The quantitative estimate of drug-likeness (QED) is 0.387. The summed E-state index contributed by atoms with van der Waals surface area (Å²) in [6.45, 7) is 0. The third-order valence-corrected chi connectivity index (χ3v) is 0. The van der Waals surface area contributed by atoms with Gasteiger partial charge in [-0.1, -0.05) is 0 Å². The van der Waals surface area contributed by atoms with Crippen LogP contribution in [0, 0.1) is 0 Å². The molecule has 6 nitrogen and oxygen atoms in total. The van der Waals surface area contributed by atoms with Gasteiger partial charge < -0.3 is 32.9 Å². The van der Waals surface area contributed by atoms with Crippen molar-refractivity contribution in [3.63, 3.8) is 0 Å². The molecule has 9 heavy (non-hydrogen) atoms. The summed E-state index contributed by atoms with van der Waals surface area (Å²) in [5.74, 6) is 0. The first-order valence-electron chi connectivity index (χ1n) is 0. The summed E-state index contributed by atoms with van der Waals surface area (Å²) in [6.07, 6.45) is 0. The third-order valence-electron chi connectivity index (χ3n) is 0. The molecule has 2 radical (unpaired) electrons. The average molecular weight is 294 g/mol. The Balaban J connectivity index is 0. The maximum Gasteiger partial charge on any atom is 0 e. The third kappa shape index (κ3) is 143. The standard InChI is InChI=1S/Mo.6H2O.2Sc/h;6*1H2;;. The van der Waals surface area contributed by atoms with Gasteiger partial charge in [-0.15, -0.1) is 0 Å². The first-order chi connectivity index (χ1) is 0. The largest absolute Gasteiger partial charge is 0.412 e. The summed E-state index contributed by atoms with van der Waals surface area (Å²) in [7, 11) is 0. The van der Waals surface area contributed by atoms with E-state index in [1.807, 2.05) is 0 Å². The molecule has 0 aromatic carbocycles. The Bertz CT molecular complexity index is 11.0. The van der Waals surface area contributed by atoms with Crippen LogP contribution in [-0.2, 0) is 72.8 Å². The fourth-order valence-electron chi connectivity index (χ4n) is 0. The Morgan fingerprint density at radius 2 is 0.333 bits per heavy atom. The van der Waals surface area contributed by atoms with Gasteiger partial charge in [-0.25, -0.2) is 0 Å². The Kier molecular flexibility index (Phi) is 4840. The van der Waals surface area contributed by atoms with E-state index in [1.54, 1.807) is 0 Å². The van der Waals surface area contributed by atoms with Crippen molar-refractivity contribution in [3.05, 3.63) is 0 Å². The Hall–Kier alpha value is 2.19. The molecule has 0 aliphatic heterocycles. The number of rotatable bonds is 0. The summed E-state index contributed by atoms with van der Waals surface area (Å²) in [5, 5.41) is 0. The van der Waals surface area contributed by atoms with Gasteiger partial charge in [-0.2, -0.15) is 0 Å². The SMILES string of the molecule is O.O.O.O.O.O.[Mo].[Sc].[Sc]. The van der Waals surface area contributed by atoms with Crippen LogP contribution in [0.5, 0.6) is 0 Å². The monoisotopic (exact) mass is 296 g/mol. The van der Waals surface area contributed by atoms with Crippen LogP contribution < -0.4 is 0 Å². The Morgan fingerprint density at radius 1 is 0.333 bits per heavy atom. The van der Waals surface area contributed by atoms with Crippen molar-refractivity contribution in [1.29, 1.82) is 0 Å². The van der Waals surface area contributed by atoms with Crippen LogP contribution >= 0.6 is 0 Å². The van der Waals surface area contributed by atoms with Gasteiger partial charge in [0.1, 0.15) is 0 Å². The fraction of sp³-hybridized carbons (Fsp3) is 0. The van der Waals surface area contributed by atoms with Crippen molar-refractivity contribution < 1.29 is 106 Å². The van der Waals surface area contributed by atoms with E-state index in [9.17, 15) is 0 Å². The molecule has 0 saturated carbocycles. The molecule has 0 aliphatic carbocycles. The van der Waals surface area contributed by atoms with Crippen LogP contribution in [0.15, 0.2) is 0 Å². The van der Waals surface area contributed by atoms with Crippen molar-refractivity contribution in [3.8, 4) is 0 Å². The smallest absolute Gasteiger partial charge is 0 e. The number of hydrogen-bond donors (Lipinski definition) is 0. The van der Waals surface area contributed by atoms with E-state index in [0.29, 0.717) is 0 Å². The van der Waals surface area contributed by atoms with E-state index in [2.05, 4.69) is 0 Å². The van der Waals surface area contributed by atoms with Crippen LogP contribution in [-0.4, -0.2) is 32.9 Å². The predicted octanol–water partition coefficient (Wildman–Crippen LogP) is -4.96. The van der Waals surface area contributed by atoms with Gasteiger partial charge in [0.2, 0.25) is 0 Å². The maximum atomic E-state index is 0.